The van der Waals surface area contributed by atoms with Crippen LogP contribution in [0.2, 0.25) is 0 Å². The lowest BCUT2D eigenvalue weighted by Crippen LogP contribution is -2.51. The Hall–Kier alpha value is -3.32. The molecule has 2 unspecified atom stereocenters. The van der Waals surface area contributed by atoms with Crippen LogP contribution in [0.4, 0.5) is 33.6 Å². The van der Waals surface area contributed by atoms with E-state index in [4.69, 9.17) is 10.5 Å². The molecule has 3 aromatic rings. The summed E-state index contributed by atoms with van der Waals surface area (Å²) in [7, 11) is 1.98. The zero-order valence-electron chi connectivity index (χ0n) is 22.2. The van der Waals surface area contributed by atoms with E-state index in [1.165, 1.54) is 6.92 Å². The highest BCUT2D eigenvalue weighted by atomic mass is 19.4. The molecule has 0 amide bonds. The van der Waals surface area contributed by atoms with Crippen LogP contribution in [0.5, 0.6) is 6.01 Å². The maximum atomic E-state index is 16.3. The van der Waals surface area contributed by atoms with Crippen molar-refractivity contribution in [2.75, 3.05) is 43.9 Å². The van der Waals surface area contributed by atoms with Crippen LogP contribution in [-0.4, -0.2) is 71.3 Å². The van der Waals surface area contributed by atoms with Crippen LogP contribution in [0, 0.1) is 18.6 Å². The Morgan fingerprint density at radius 3 is 2.45 bits per heavy atom. The molecular weight excluding hydrogens is 533 g/mol. The SMILES string of the molecule is Cc1cc(N)nc(-c2c(F)cc3c(N4CC5CCC(C4)N5)nc(OC[C@@H]4CCCN4C)nc3c2F)c1C(F)(F)F. The highest BCUT2D eigenvalue weighted by Crippen LogP contribution is 2.43. The second kappa shape index (κ2) is 9.95. The van der Waals surface area contributed by atoms with Crippen molar-refractivity contribution < 1.29 is 26.7 Å². The Kier molecular flexibility index (Phi) is 6.68. The van der Waals surface area contributed by atoms with E-state index in [-0.39, 0.29) is 58.8 Å². The number of hydrogen-bond donors (Lipinski definition) is 2. The van der Waals surface area contributed by atoms with Crippen molar-refractivity contribution >= 4 is 22.5 Å². The molecule has 3 aliphatic heterocycles. The molecule has 0 radical (unpaired) electrons. The first-order chi connectivity index (χ1) is 19.0. The molecule has 3 saturated heterocycles. The standard InChI is InChI=1S/C27H30F5N7O/c1-13-8-19(33)35-24(21(13)27(30,31)32)20-18(28)9-17-23(22(20)29)36-26(40-12-16-4-3-7-38(16)2)37-25(17)39-10-14-5-6-15(11-39)34-14/h8-9,14-16,34H,3-7,10-12H2,1-2H3,(H2,33,35)/t14?,15?,16-/m0/s1. The maximum absolute atomic E-state index is 16.3. The quantitative estimate of drug-likeness (QED) is 0.445. The van der Waals surface area contributed by atoms with Crippen molar-refractivity contribution in [2.24, 2.45) is 0 Å². The van der Waals surface area contributed by atoms with Crippen LogP contribution in [0.1, 0.15) is 36.8 Å². The Morgan fingerprint density at radius 2 is 1.80 bits per heavy atom. The molecule has 2 aromatic heterocycles. The van der Waals surface area contributed by atoms with Crippen LogP contribution in [0.3, 0.4) is 0 Å². The highest BCUT2D eigenvalue weighted by Gasteiger charge is 2.39. The number of likely N-dealkylation sites (tertiary alicyclic amines) is 1. The van der Waals surface area contributed by atoms with Gasteiger partial charge in [0.2, 0.25) is 0 Å². The number of halogens is 5. The van der Waals surface area contributed by atoms with Crippen LogP contribution < -0.4 is 20.7 Å². The average Bonchev–Trinajstić information content (AvgIpc) is 3.44. The minimum atomic E-state index is -4.92. The van der Waals surface area contributed by atoms with Gasteiger partial charge >= 0.3 is 12.2 Å². The van der Waals surface area contributed by atoms with Gasteiger partial charge in [-0.15, -0.1) is 0 Å². The van der Waals surface area contributed by atoms with Crippen molar-refractivity contribution in [1.29, 1.82) is 0 Å². The van der Waals surface area contributed by atoms with Gasteiger partial charge in [0.25, 0.3) is 0 Å². The maximum Gasteiger partial charge on any atom is 0.418 e. The van der Waals surface area contributed by atoms with Crippen molar-refractivity contribution in [1.82, 2.24) is 25.2 Å². The Labute approximate surface area is 227 Å². The van der Waals surface area contributed by atoms with Crippen LogP contribution in [-0.2, 0) is 6.18 Å². The molecule has 3 aliphatic rings. The molecule has 214 valence electrons. The molecule has 0 aliphatic carbocycles. The van der Waals surface area contributed by atoms with Crippen molar-refractivity contribution in [3.8, 4) is 17.3 Å². The average molecular weight is 564 g/mol. The van der Waals surface area contributed by atoms with E-state index in [0.717, 1.165) is 44.4 Å². The Balaban J connectivity index is 1.52. The molecule has 40 heavy (non-hydrogen) atoms. The lowest BCUT2D eigenvalue weighted by atomic mass is 9.98. The fourth-order valence-corrected chi connectivity index (χ4v) is 6.25. The van der Waals surface area contributed by atoms with Crippen LogP contribution in [0.25, 0.3) is 22.2 Å². The summed E-state index contributed by atoms with van der Waals surface area (Å²) < 4.78 is 80.0. The number of ether oxygens (including phenoxy) is 1. The number of nitrogens with one attached hydrogen (secondary N) is 1. The summed E-state index contributed by atoms with van der Waals surface area (Å²) in [5.41, 5.74) is 1.98. The number of nitrogens with zero attached hydrogens (tertiary/aromatic N) is 5. The van der Waals surface area contributed by atoms with Gasteiger partial charge in [-0.05, 0) is 63.9 Å². The molecule has 1 aromatic carbocycles. The van der Waals surface area contributed by atoms with Crippen molar-refractivity contribution in [3.63, 3.8) is 0 Å². The fraction of sp³-hybridized carbons (Fsp3) is 0.519. The molecule has 0 saturated carbocycles. The normalized spacial score (nSPS) is 23.4. The van der Waals surface area contributed by atoms with Gasteiger partial charge in [0, 0.05) is 36.6 Å². The number of nitrogens with two attached hydrogens (primary N) is 1. The predicted octanol–water partition coefficient (Wildman–Crippen LogP) is 4.29. The zero-order valence-corrected chi connectivity index (χ0v) is 22.2. The fourth-order valence-electron chi connectivity index (χ4n) is 6.25. The van der Waals surface area contributed by atoms with E-state index < -0.39 is 34.6 Å². The van der Waals surface area contributed by atoms with Gasteiger partial charge < -0.3 is 25.6 Å². The lowest BCUT2D eigenvalue weighted by molar-refractivity contribution is -0.137. The van der Waals surface area contributed by atoms with Gasteiger partial charge in [0.1, 0.15) is 29.6 Å². The smallest absolute Gasteiger partial charge is 0.418 e. The number of likely N-dealkylation sites (N-methyl/N-ethyl adjacent to an activating group) is 1. The van der Waals surface area contributed by atoms with E-state index in [1.54, 1.807) is 0 Å². The molecule has 3 atom stereocenters. The first-order valence-electron chi connectivity index (χ1n) is 13.4. The monoisotopic (exact) mass is 563 g/mol. The van der Waals surface area contributed by atoms with Gasteiger partial charge in [-0.3, -0.25) is 0 Å². The number of nitrogen functional groups attached to an aromatic ring is 1. The Bertz CT molecular complexity index is 1450. The number of piperazine rings is 1. The largest absolute Gasteiger partial charge is 0.462 e. The van der Waals surface area contributed by atoms with Crippen molar-refractivity contribution in [2.45, 2.75) is 56.9 Å². The summed E-state index contributed by atoms with van der Waals surface area (Å²) in [5.74, 6) is -2.49. The first-order valence-corrected chi connectivity index (χ1v) is 13.4. The highest BCUT2D eigenvalue weighted by molar-refractivity contribution is 5.94. The predicted molar refractivity (Wildman–Crippen MR) is 140 cm³/mol. The number of pyridine rings is 1. The van der Waals surface area contributed by atoms with Crippen molar-refractivity contribution in [3.05, 3.63) is 34.9 Å². The summed E-state index contributed by atoms with van der Waals surface area (Å²) in [4.78, 5) is 16.7. The minimum absolute atomic E-state index is 0.0552. The Morgan fingerprint density at radius 1 is 1.07 bits per heavy atom. The van der Waals surface area contributed by atoms with E-state index >= 15 is 8.78 Å². The number of aryl methyl sites for hydroxylation is 1. The molecule has 3 fully saturated rings. The number of hydrogen-bond acceptors (Lipinski definition) is 8. The number of alkyl halides is 3. The lowest BCUT2D eigenvalue weighted by Gasteiger charge is -2.34. The second-order valence-corrected chi connectivity index (χ2v) is 11.0. The van der Waals surface area contributed by atoms with Gasteiger partial charge in [0.15, 0.2) is 5.82 Å². The molecule has 5 heterocycles. The molecule has 13 heteroatoms. The molecule has 0 spiro atoms. The van der Waals surface area contributed by atoms with Gasteiger partial charge in [0.05, 0.1) is 16.8 Å². The minimum Gasteiger partial charge on any atom is -0.462 e. The van der Waals surface area contributed by atoms with Crippen LogP contribution in [0.15, 0.2) is 12.1 Å². The zero-order chi connectivity index (χ0) is 28.3. The number of benzene rings is 1. The second-order valence-electron chi connectivity index (χ2n) is 11.0. The molecule has 6 rings (SSSR count). The first kappa shape index (κ1) is 26.9. The van der Waals surface area contributed by atoms with Gasteiger partial charge in [-0.1, -0.05) is 0 Å². The molecule has 2 bridgehead atoms. The topological polar surface area (TPSA) is 92.4 Å². The van der Waals surface area contributed by atoms with E-state index in [2.05, 4.69) is 25.2 Å². The summed E-state index contributed by atoms with van der Waals surface area (Å²) in [5, 5.41) is 3.56. The summed E-state index contributed by atoms with van der Waals surface area (Å²) >= 11 is 0. The van der Waals surface area contributed by atoms with Gasteiger partial charge in [-0.25, -0.2) is 13.8 Å². The summed E-state index contributed by atoms with van der Waals surface area (Å²) in [6.45, 7) is 3.48. The summed E-state index contributed by atoms with van der Waals surface area (Å²) in [6, 6.07) is 2.42. The number of fused-ring (bicyclic) bond motifs is 3. The third kappa shape index (κ3) is 4.78. The molecule has 3 N–H and O–H groups in total. The van der Waals surface area contributed by atoms with Crippen LogP contribution >= 0.6 is 0 Å². The van der Waals surface area contributed by atoms with E-state index in [9.17, 15) is 13.2 Å². The van der Waals surface area contributed by atoms with Gasteiger partial charge in [-0.2, -0.15) is 23.1 Å². The number of rotatable bonds is 5. The van der Waals surface area contributed by atoms with E-state index in [0.29, 0.717) is 13.1 Å². The summed E-state index contributed by atoms with van der Waals surface area (Å²) in [6.07, 6.45) is -1.05. The third-order valence-electron chi connectivity index (χ3n) is 8.19. The molecular formula is C27H30F5N7O. The molecule has 8 nitrogen and oxygen atoms in total. The third-order valence-corrected chi connectivity index (χ3v) is 8.19. The van der Waals surface area contributed by atoms with E-state index in [1.807, 2.05) is 11.9 Å². The number of aromatic nitrogens is 3. The number of anilines is 2.